The predicted molar refractivity (Wildman–Crippen MR) is 94.6 cm³/mol. The summed E-state index contributed by atoms with van der Waals surface area (Å²) in [6, 6.07) is 15.9. The molecule has 0 radical (unpaired) electrons. The number of nitrogens with one attached hydrogen (secondary N) is 1. The first kappa shape index (κ1) is 16.1. The Morgan fingerprint density at radius 1 is 1.17 bits per heavy atom. The lowest BCUT2D eigenvalue weighted by molar-refractivity contribution is -0.118. The number of benzene rings is 2. The number of halogens is 1. The van der Waals surface area contributed by atoms with Crippen LogP contribution < -0.4 is 5.43 Å². The fourth-order valence-corrected chi connectivity index (χ4v) is 2.96. The standard InChI is InChI=1S/C18H14FN3OS/c19-15-8-2-1-5-14(15)11-21-22-17(23)12-24-16-9-3-6-13-7-4-10-20-18(13)16/h1-11H,12H2,(H,22,23)/b21-11-. The predicted octanol–water partition coefficient (Wildman–Crippen LogP) is 3.62. The van der Waals surface area contributed by atoms with Gasteiger partial charge in [-0.25, -0.2) is 9.82 Å². The SMILES string of the molecule is O=C(CSc1cccc2cccnc12)N/N=C\c1ccccc1F. The number of hydrogen-bond donors (Lipinski definition) is 1. The van der Waals surface area contributed by atoms with Crippen molar-refractivity contribution in [3.63, 3.8) is 0 Å². The van der Waals surface area contributed by atoms with E-state index in [0.717, 1.165) is 15.8 Å². The Balaban J connectivity index is 1.58. The second kappa shape index (κ2) is 7.70. The maximum atomic E-state index is 13.4. The van der Waals surface area contributed by atoms with Crippen molar-refractivity contribution < 1.29 is 9.18 Å². The van der Waals surface area contributed by atoms with Gasteiger partial charge >= 0.3 is 0 Å². The number of para-hydroxylation sites is 1. The second-order valence-electron chi connectivity index (χ2n) is 4.93. The van der Waals surface area contributed by atoms with E-state index in [1.807, 2.05) is 30.3 Å². The van der Waals surface area contributed by atoms with Gasteiger partial charge in [-0.05, 0) is 18.2 Å². The van der Waals surface area contributed by atoms with Crippen molar-refractivity contribution in [2.24, 2.45) is 5.10 Å². The van der Waals surface area contributed by atoms with Crippen LogP contribution in [0.3, 0.4) is 0 Å². The highest BCUT2D eigenvalue weighted by molar-refractivity contribution is 8.00. The zero-order valence-electron chi connectivity index (χ0n) is 12.6. The molecule has 4 nitrogen and oxygen atoms in total. The van der Waals surface area contributed by atoms with E-state index < -0.39 is 0 Å². The van der Waals surface area contributed by atoms with Crippen molar-refractivity contribution in [2.75, 3.05) is 5.75 Å². The van der Waals surface area contributed by atoms with E-state index in [9.17, 15) is 9.18 Å². The normalized spacial score (nSPS) is 11.0. The van der Waals surface area contributed by atoms with Crippen molar-refractivity contribution in [1.82, 2.24) is 10.4 Å². The number of thioether (sulfide) groups is 1. The molecular formula is C18H14FN3OS. The summed E-state index contributed by atoms with van der Waals surface area (Å²) < 4.78 is 13.4. The summed E-state index contributed by atoms with van der Waals surface area (Å²) in [5.74, 6) is -0.447. The van der Waals surface area contributed by atoms with E-state index in [1.165, 1.54) is 24.0 Å². The number of rotatable bonds is 5. The van der Waals surface area contributed by atoms with Gasteiger partial charge in [0.2, 0.25) is 5.91 Å². The van der Waals surface area contributed by atoms with Gasteiger partial charge in [0, 0.05) is 22.0 Å². The minimum absolute atomic E-state index is 0.199. The van der Waals surface area contributed by atoms with Crippen LogP contribution in [-0.2, 0) is 4.79 Å². The Bertz CT molecular complexity index is 893. The monoisotopic (exact) mass is 339 g/mol. The molecule has 0 fully saturated rings. The summed E-state index contributed by atoms with van der Waals surface area (Å²) >= 11 is 1.38. The molecule has 24 heavy (non-hydrogen) atoms. The van der Waals surface area contributed by atoms with Crippen LogP contribution in [0.4, 0.5) is 4.39 Å². The fourth-order valence-electron chi connectivity index (χ4n) is 2.12. The van der Waals surface area contributed by atoms with Crippen molar-refractivity contribution >= 4 is 34.8 Å². The molecular weight excluding hydrogens is 325 g/mol. The van der Waals surface area contributed by atoms with E-state index in [1.54, 1.807) is 24.4 Å². The van der Waals surface area contributed by atoms with Crippen LogP contribution in [0.15, 0.2) is 70.8 Å². The molecule has 2 aromatic carbocycles. The van der Waals surface area contributed by atoms with Crippen LogP contribution in [0, 0.1) is 5.82 Å². The summed E-state index contributed by atoms with van der Waals surface area (Å²) in [6.07, 6.45) is 3.02. The highest BCUT2D eigenvalue weighted by atomic mass is 32.2. The molecule has 6 heteroatoms. The second-order valence-corrected chi connectivity index (χ2v) is 5.95. The van der Waals surface area contributed by atoms with Crippen LogP contribution >= 0.6 is 11.8 Å². The van der Waals surface area contributed by atoms with E-state index >= 15 is 0 Å². The van der Waals surface area contributed by atoms with Gasteiger partial charge in [0.05, 0.1) is 17.5 Å². The first-order valence-electron chi connectivity index (χ1n) is 7.27. The summed E-state index contributed by atoms with van der Waals surface area (Å²) in [7, 11) is 0. The molecule has 3 aromatic rings. The van der Waals surface area contributed by atoms with Crippen molar-refractivity contribution in [1.29, 1.82) is 0 Å². The van der Waals surface area contributed by atoms with Crippen molar-refractivity contribution in [3.05, 3.63) is 72.2 Å². The maximum absolute atomic E-state index is 13.4. The number of fused-ring (bicyclic) bond motifs is 1. The Morgan fingerprint density at radius 3 is 2.88 bits per heavy atom. The topological polar surface area (TPSA) is 54.4 Å². The quantitative estimate of drug-likeness (QED) is 0.439. The van der Waals surface area contributed by atoms with Gasteiger partial charge in [0.25, 0.3) is 0 Å². The molecule has 0 bridgehead atoms. The minimum atomic E-state index is -0.383. The van der Waals surface area contributed by atoms with Crippen molar-refractivity contribution in [3.8, 4) is 0 Å². The highest BCUT2D eigenvalue weighted by Gasteiger charge is 2.06. The number of hydrogen-bond acceptors (Lipinski definition) is 4. The molecule has 0 saturated carbocycles. The number of carbonyl (C=O) groups excluding carboxylic acids is 1. The third kappa shape index (κ3) is 3.97. The van der Waals surface area contributed by atoms with Gasteiger partial charge < -0.3 is 0 Å². The molecule has 0 atom stereocenters. The lowest BCUT2D eigenvalue weighted by Crippen LogP contribution is -2.19. The molecule has 0 saturated heterocycles. The third-order valence-corrected chi connectivity index (χ3v) is 4.30. The number of aromatic nitrogens is 1. The molecule has 1 heterocycles. The lowest BCUT2D eigenvalue weighted by atomic mass is 10.2. The lowest BCUT2D eigenvalue weighted by Gasteiger charge is -2.04. The van der Waals surface area contributed by atoms with Crippen molar-refractivity contribution in [2.45, 2.75) is 4.90 Å². The zero-order valence-corrected chi connectivity index (χ0v) is 13.5. The van der Waals surface area contributed by atoms with Gasteiger partial charge in [0.1, 0.15) is 5.82 Å². The fraction of sp³-hybridized carbons (Fsp3) is 0.0556. The summed E-state index contributed by atoms with van der Waals surface area (Å²) in [5, 5.41) is 4.81. The van der Waals surface area contributed by atoms with E-state index in [-0.39, 0.29) is 17.5 Å². The first-order valence-corrected chi connectivity index (χ1v) is 8.25. The maximum Gasteiger partial charge on any atom is 0.250 e. The van der Waals surface area contributed by atoms with Gasteiger partial charge in [-0.2, -0.15) is 5.10 Å². The van der Waals surface area contributed by atoms with E-state index in [2.05, 4.69) is 15.5 Å². The molecule has 0 aliphatic rings. The third-order valence-electron chi connectivity index (χ3n) is 3.25. The Kier molecular flexibility index (Phi) is 5.18. The summed E-state index contributed by atoms with van der Waals surface area (Å²) in [5.41, 5.74) is 3.59. The van der Waals surface area contributed by atoms with Crippen LogP contribution in [0.1, 0.15) is 5.56 Å². The average Bonchev–Trinajstić information content (AvgIpc) is 2.61. The van der Waals surface area contributed by atoms with Gasteiger partial charge in [-0.15, -0.1) is 11.8 Å². The van der Waals surface area contributed by atoms with E-state index in [4.69, 9.17) is 0 Å². The van der Waals surface area contributed by atoms with Crippen LogP contribution in [0.5, 0.6) is 0 Å². The van der Waals surface area contributed by atoms with Gasteiger partial charge in [-0.1, -0.05) is 36.4 Å². The number of carbonyl (C=O) groups is 1. The molecule has 1 aromatic heterocycles. The highest BCUT2D eigenvalue weighted by Crippen LogP contribution is 2.25. The number of nitrogens with zero attached hydrogens (tertiary/aromatic N) is 2. The number of amides is 1. The first-order chi connectivity index (χ1) is 11.7. The summed E-state index contributed by atoms with van der Waals surface area (Å²) in [4.78, 5) is 17.1. The van der Waals surface area contributed by atoms with Crippen LogP contribution in [-0.4, -0.2) is 22.9 Å². The number of hydrazone groups is 1. The molecule has 1 N–H and O–H groups in total. The molecule has 0 aliphatic carbocycles. The zero-order chi connectivity index (χ0) is 16.8. The largest absolute Gasteiger partial charge is 0.272 e. The average molecular weight is 339 g/mol. The molecule has 0 spiro atoms. The minimum Gasteiger partial charge on any atom is -0.272 e. The van der Waals surface area contributed by atoms with Gasteiger partial charge in [-0.3, -0.25) is 9.78 Å². The van der Waals surface area contributed by atoms with Crippen LogP contribution in [0.25, 0.3) is 10.9 Å². The molecule has 0 unspecified atom stereocenters. The Labute approximate surface area is 142 Å². The number of pyridine rings is 1. The molecule has 0 aliphatic heterocycles. The smallest absolute Gasteiger partial charge is 0.250 e. The van der Waals surface area contributed by atoms with Crippen LogP contribution in [0.2, 0.25) is 0 Å². The summed E-state index contributed by atoms with van der Waals surface area (Å²) in [6.45, 7) is 0. The molecule has 120 valence electrons. The Morgan fingerprint density at radius 2 is 2.00 bits per heavy atom. The molecule has 3 rings (SSSR count). The van der Waals surface area contributed by atoms with Gasteiger partial charge in [0.15, 0.2) is 0 Å². The van der Waals surface area contributed by atoms with E-state index in [0.29, 0.717) is 5.56 Å². The Hall–Kier alpha value is -2.73. The molecule has 1 amide bonds.